The van der Waals surface area contributed by atoms with E-state index in [2.05, 4.69) is 80.2 Å². The molecule has 0 atom stereocenters. The number of carbonyl (C=O) groups is 1. The summed E-state index contributed by atoms with van der Waals surface area (Å²) in [6.07, 6.45) is 24.5. The van der Waals surface area contributed by atoms with Crippen molar-refractivity contribution in [3.63, 3.8) is 0 Å². The van der Waals surface area contributed by atoms with Gasteiger partial charge in [-0.1, -0.05) is 53.4 Å². The molecule has 6 nitrogen and oxygen atoms in total. The van der Waals surface area contributed by atoms with Gasteiger partial charge in [-0.15, -0.1) is 0 Å². The lowest BCUT2D eigenvalue weighted by Gasteiger charge is -2.06. The van der Waals surface area contributed by atoms with Crippen LogP contribution in [-0.2, 0) is 35.2 Å². The lowest BCUT2D eigenvalue weighted by Crippen LogP contribution is -1.97. The minimum Gasteiger partial charge on any atom is -0.466 e. The first-order valence-electron chi connectivity index (χ1n) is 17.4. The number of hydrogen-bond donors (Lipinski definition) is 2. The van der Waals surface area contributed by atoms with Crippen LogP contribution in [0.4, 0.5) is 0 Å². The van der Waals surface area contributed by atoms with E-state index >= 15 is 0 Å². The SMILES string of the molecule is CCCCc1c2nc(c(CCCC)c3ccc([nH]3)c(CCCC)c3cc(/C=C\C(=O)OC)c([nH]3)c(CCCC)c3nc1C=C3)C=C2. The average molecular weight is 619 g/mol. The van der Waals surface area contributed by atoms with E-state index in [-0.39, 0.29) is 5.97 Å². The summed E-state index contributed by atoms with van der Waals surface area (Å²) < 4.78 is 4.97. The molecule has 0 aliphatic carbocycles. The van der Waals surface area contributed by atoms with E-state index in [0.717, 1.165) is 127 Å². The fraction of sp³-hybridized carbons (Fsp3) is 0.425. The predicted molar refractivity (Wildman–Crippen MR) is 194 cm³/mol. The Bertz CT molecular complexity index is 1800. The molecular formula is C40H50N4O2. The molecule has 3 aromatic heterocycles. The van der Waals surface area contributed by atoms with Crippen molar-refractivity contribution in [2.45, 2.75) is 105 Å². The average Bonchev–Trinajstić information content (AvgIpc) is 3.89. The largest absolute Gasteiger partial charge is 0.466 e. The number of nitrogens with one attached hydrogen (secondary N) is 2. The molecule has 0 amide bonds. The van der Waals surface area contributed by atoms with E-state index in [1.54, 1.807) is 0 Å². The first kappa shape index (κ1) is 33.2. The molecule has 0 spiro atoms. The minimum atomic E-state index is -0.369. The van der Waals surface area contributed by atoms with Gasteiger partial charge >= 0.3 is 5.97 Å². The van der Waals surface area contributed by atoms with E-state index < -0.39 is 0 Å². The first-order chi connectivity index (χ1) is 22.5. The number of aromatic nitrogens is 4. The number of aryl methyl sites for hydroxylation is 3. The molecule has 8 bridgehead atoms. The summed E-state index contributed by atoms with van der Waals surface area (Å²) in [5, 5.41) is 0. The van der Waals surface area contributed by atoms with Gasteiger partial charge in [0.25, 0.3) is 0 Å². The monoisotopic (exact) mass is 618 g/mol. The van der Waals surface area contributed by atoms with Gasteiger partial charge in [0, 0.05) is 44.9 Å². The van der Waals surface area contributed by atoms with Crippen molar-refractivity contribution in [3.05, 3.63) is 74.9 Å². The van der Waals surface area contributed by atoms with Gasteiger partial charge in [-0.05, 0) is 106 Å². The molecule has 2 aliphatic rings. The fourth-order valence-electron chi connectivity index (χ4n) is 6.38. The molecular weight excluding hydrogens is 568 g/mol. The molecule has 242 valence electrons. The van der Waals surface area contributed by atoms with Crippen molar-refractivity contribution >= 4 is 58.4 Å². The molecule has 0 saturated heterocycles. The number of nitrogens with zero attached hydrogens (tertiary/aromatic N) is 2. The van der Waals surface area contributed by atoms with Crippen molar-refractivity contribution in [2.75, 3.05) is 7.11 Å². The number of rotatable bonds is 14. The Morgan fingerprint density at radius 2 is 1.13 bits per heavy atom. The highest BCUT2D eigenvalue weighted by molar-refractivity contribution is 5.92. The van der Waals surface area contributed by atoms with E-state index in [1.165, 1.54) is 35.4 Å². The highest BCUT2D eigenvalue weighted by Gasteiger charge is 2.17. The molecule has 0 fully saturated rings. The zero-order valence-corrected chi connectivity index (χ0v) is 28.4. The molecule has 5 rings (SSSR count). The summed E-state index contributed by atoms with van der Waals surface area (Å²) in [4.78, 5) is 30.5. The third-order valence-electron chi connectivity index (χ3n) is 9.05. The highest BCUT2D eigenvalue weighted by Crippen LogP contribution is 2.31. The van der Waals surface area contributed by atoms with Crippen molar-refractivity contribution in [1.82, 2.24) is 19.9 Å². The summed E-state index contributed by atoms with van der Waals surface area (Å²) in [5.41, 5.74) is 14.2. The number of methoxy groups -OCH3 is 1. The van der Waals surface area contributed by atoms with Gasteiger partial charge in [-0.3, -0.25) is 0 Å². The number of ether oxygens (including phenoxy) is 1. The Morgan fingerprint density at radius 1 is 0.652 bits per heavy atom. The predicted octanol–water partition coefficient (Wildman–Crippen LogP) is 10.2. The van der Waals surface area contributed by atoms with Crippen LogP contribution < -0.4 is 0 Å². The molecule has 0 unspecified atom stereocenters. The van der Waals surface area contributed by atoms with E-state index in [4.69, 9.17) is 14.7 Å². The van der Waals surface area contributed by atoms with Crippen LogP contribution in [0.15, 0.2) is 24.3 Å². The number of aromatic amines is 2. The molecule has 2 aliphatic heterocycles. The molecule has 6 heteroatoms. The first-order valence-corrected chi connectivity index (χ1v) is 17.4. The van der Waals surface area contributed by atoms with Crippen molar-refractivity contribution < 1.29 is 9.53 Å². The van der Waals surface area contributed by atoms with Gasteiger partial charge in [0.05, 0.1) is 35.4 Å². The smallest absolute Gasteiger partial charge is 0.330 e. The Balaban J connectivity index is 1.95. The molecule has 5 heterocycles. The quantitative estimate of drug-likeness (QED) is 0.0958. The van der Waals surface area contributed by atoms with Crippen LogP contribution in [0, 0.1) is 0 Å². The lowest BCUT2D eigenvalue weighted by atomic mass is 10.0. The van der Waals surface area contributed by atoms with Gasteiger partial charge in [-0.2, -0.15) is 0 Å². The zero-order valence-electron chi connectivity index (χ0n) is 28.4. The maximum atomic E-state index is 12.2. The number of carbonyl (C=O) groups excluding carboxylic acids is 1. The van der Waals surface area contributed by atoms with Crippen LogP contribution in [0.2, 0.25) is 0 Å². The maximum Gasteiger partial charge on any atom is 0.330 e. The summed E-state index contributed by atoms with van der Waals surface area (Å²) in [6, 6.07) is 6.65. The van der Waals surface area contributed by atoms with Gasteiger partial charge < -0.3 is 14.7 Å². The number of fused-ring (bicyclic) bond motifs is 8. The molecule has 3 aromatic rings. The van der Waals surface area contributed by atoms with Crippen LogP contribution in [0.1, 0.15) is 130 Å². The van der Waals surface area contributed by atoms with Crippen LogP contribution in [0.25, 0.3) is 52.4 Å². The van der Waals surface area contributed by atoms with E-state index in [9.17, 15) is 4.79 Å². The molecule has 0 saturated carbocycles. The van der Waals surface area contributed by atoms with Crippen molar-refractivity contribution in [3.8, 4) is 0 Å². The molecule has 0 aromatic carbocycles. The van der Waals surface area contributed by atoms with Crippen molar-refractivity contribution in [1.29, 1.82) is 0 Å². The van der Waals surface area contributed by atoms with Gasteiger partial charge in [0.2, 0.25) is 0 Å². The lowest BCUT2D eigenvalue weighted by molar-refractivity contribution is -0.134. The number of H-pyrrole nitrogens is 2. The topological polar surface area (TPSA) is 83.7 Å². The van der Waals surface area contributed by atoms with Gasteiger partial charge in [0.1, 0.15) is 0 Å². The van der Waals surface area contributed by atoms with E-state index in [0.29, 0.717) is 0 Å². The molecule has 46 heavy (non-hydrogen) atoms. The third-order valence-corrected chi connectivity index (χ3v) is 9.05. The second-order valence-electron chi connectivity index (χ2n) is 12.4. The Kier molecular flexibility index (Phi) is 11.5. The highest BCUT2D eigenvalue weighted by atomic mass is 16.5. The number of hydrogen-bond acceptors (Lipinski definition) is 4. The summed E-state index contributed by atoms with van der Waals surface area (Å²) in [7, 11) is 1.42. The van der Waals surface area contributed by atoms with Crippen LogP contribution in [0.5, 0.6) is 0 Å². The van der Waals surface area contributed by atoms with Crippen molar-refractivity contribution in [2.24, 2.45) is 0 Å². The van der Waals surface area contributed by atoms with E-state index in [1.807, 2.05) is 6.08 Å². The molecule has 2 N–H and O–H groups in total. The fourth-order valence-corrected chi connectivity index (χ4v) is 6.38. The Morgan fingerprint density at radius 3 is 1.70 bits per heavy atom. The maximum absolute atomic E-state index is 12.2. The Hall–Kier alpha value is -4.19. The number of esters is 1. The van der Waals surface area contributed by atoms with Crippen LogP contribution >= 0.6 is 0 Å². The van der Waals surface area contributed by atoms with Gasteiger partial charge in [-0.25, -0.2) is 14.8 Å². The molecule has 0 radical (unpaired) electrons. The summed E-state index contributed by atoms with van der Waals surface area (Å²) in [5.74, 6) is -0.369. The second kappa shape index (κ2) is 15.9. The normalized spacial score (nSPS) is 12.5. The second-order valence-corrected chi connectivity index (χ2v) is 12.4. The zero-order chi connectivity index (χ0) is 32.5. The van der Waals surface area contributed by atoms with Crippen LogP contribution in [-0.4, -0.2) is 33.0 Å². The minimum absolute atomic E-state index is 0.369. The van der Waals surface area contributed by atoms with Crippen LogP contribution in [0.3, 0.4) is 0 Å². The summed E-state index contributed by atoms with van der Waals surface area (Å²) in [6.45, 7) is 8.93. The van der Waals surface area contributed by atoms with Gasteiger partial charge in [0.15, 0.2) is 0 Å². The standard InChI is InChI=1S/C40H50N4O2/c1-6-10-14-28-32-19-20-33(41-32)29(15-11-7-2)35-23-24-37(43-35)31(17-13-9-4)40-27(18-25-39(45)46-5)26-38(44-40)30(16-12-8-3)36-22-21-34(28)42-36/h18-26,42,44H,6-17H2,1-5H3/b25-18-,32-28?,33-29?,34-28?,35-29?,36-30?,37-31?,38-30?,40-31?. The Labute approximate surface area is 274 Å². The summed E-state index contributed by atoms with van der Waals surface area (Å²) >= 11 is 0. The third kappa shape index (κ3) is 7.43. The number of unbranched alkanes of at least 4 members (excludes halogenated alkanes) is 4.